The Bertz CT molecular complexity index is 675. The van der Waals surface area contributed by atoms with Gasteiger partial charge in [-0.15, -0.1) is 0 Å². The van der Waals surface area contributed by atoms with Crippen molar-refractivity contribution in [3.8, 4) is 5.75 Å². The Hall–Kier alpha value is -2.30. The van der Waals surface area contributed by atoms with Crippen LogP contribution < -0.4 is 10.5 Å². The number of imidazole rings is 1. The number of benzene rings is 1. The molecule has 1 aromatic heterocycles. The molecular weight excluding hydrogens is 264 g/mol. The molecule has 1 heterocycles. The lowest BCUT2D eigenvalue weighted by molar-refractivity contribution is 0.413. The fraction of sp³-hybridized carbons (Fsp3) is 0.375. The lowest BCUT2D eigenvalue weighted by atomic mass is 10.0. The van der Waals surface area contributed by atoms with Crippen molar-refractivity contribution >= 4 is 5.84 Å². The number of nitrogen functional groups attached to an aromatic ring is 1. The zero-order valence-corrected chi connectivity index (χ0v) is 12.2. The van der Waals surface area contributed by atoms with E-state index >= 15 is 0 Å². The largest absolute Gasteiger partial charge is 0.496 e. The Balaban J connectivity index is 1.90. The normalized spacial score (nSPS) is 13.8. The number of ether oxygens (including phenoxy) is 1. The highest BCUT2D eigenvalue weighted by atomic mass is 16.5. The second kappa shape index (κ2) is 5.60. The van der Waals surface area contributed by atoms with Crippen molar-refractivity contribution in [3.63, 3.8) is 0 Å². The first-order valence-electron chi connectivity index (χ1n) is 7.23. The first-order valence-corrected chi connectivity index (χ1v) is 7.23. The van der Waals surface area contributed by atoms with E-state index < -0.39 is 0 Å². The summed E-state index contributed by atoms with van der Waals surface area (Å²) in [6, 6.07) is 5.81. The molecule has 5 heteroatoms. The molecule has 0 atom stereocenters. The molecule has 2 aromatic rings. The molecule has 1 aromatic carbocycles. The summed E-state index contributed by atoms with van der Waals surface area (Å²) in [5, 5.41) is 7.66. The van der Waals surface area contributed by atoms with Gasteiger partial charge in [-0.3, -0.25) is 5.41 Å². The molecule has 0 bridgehead atoms. The molecular formula is C16H20N4O. The van der Waals surface area contributed by atoms with Crippen LogP contribution in [-0.4, -0.2) is 22.5 Å². The molecule has 0 fully saturated rings. The van der Waals surface area contributed by atoms with E-state index in [9.17, 15) is 0 Å². The highest BCUT2D eigenvalue weighted by Gasteiger charge is 2.15. The maximum absolute atomic E-state index is 7.66. The summed E-state index contributed by atoms with van der Waals surface area (Å²) >= 11 is 0. The van der Waals surface area contributed by atoms with Crippen LogP contribution in [0.2, 0.25) is 0 Å². The number of rotatable bonds is 4. The van der Waals surface area contributed by atoms with E-state index in [-0.39, 0.29) is 5.84 Å². The molecule has 0 aliphatic heterocycles. The molecule has 21 heavy (non-hydrogen) atoms. The number of nitrogens with one attached hydrogen (secondary N) is 1. The summed E-state index contributed by atoms with van der Waals surface area (Å²) < 4.78 is 7.46. The van der Waals surface area contributed by atoms with E-state index in [1.165, 1.54) is 24.2 Å². The van der Waals surface area contributed by atoms with Crippen molar-refractivity contribution in [2.75, 3.05) is 7.11 Å². The topological polar surface area (TPSA) is 76.9 Å². The second-order valence-electron chi connectivity index (χ2n) is 5.42. The van der Waals surface area contributed by atoms with Crippen LogP contribution in [0.1, 0.15) is 35.4 Å². The van der Waals surface area contributed by atoms with E-state index in [0.29, 0.717) is 11.3 Å². The number of aromatic nitrogens is 2. The Morgan fingerprint density at radius 1 is 1.38 bits per heavy atom. The predicted octanol–water partition coefficient (Wildman–Crippen LogP) is 2.10. The minimum absolute atomic E-state index is 0.0290. The van der Waals surface area contributed by atoms with Gasteiger partial charge in [0.2, 0.25) is 0 Å². The van der Waals surface area contributed by atoms with Crippen LogP contribution in [0.5, 0.6) is 5.75 Å². The quantitative estimate of drug-likeness (QED) is 0.667. The van der Waals surface area contributed by atoms with Gasteiger partial charge in [-0.2, -0.15) is 0 Å². The number of fused-ring (bicyclic) bond motifs is 1. The Labute approximate surface area is 124 Å². The monoisotopic (exact) mass is 284 g/mol. The molecule has 3 N–H and O–H groups in total. The Morgan fingerprint density at radius 3 is 2.95 bits per heavy atom. The third-order valence-electron chi connectivity index (χ3n) is 4.02. The first-order chi connectivity index (χ1) is 10.2. The van der Waals surface area contributed by atoms with Crippen molar-refractivity contribution < 1.29 is 4.74 Å². The maximum Gasteiger partial charge on any atom is 0.129 e. The number of hydrogen-bond acceptors (Lipinski definition) is 3. The summed E-state index contributed by atoms with van der Waals surface area (Å²) in [6.45, 7) is 0.757. The third kappa shape index (κ3) is 2.63. The van der Waals surface area contributed by atoms with Gasteiger partial charge >= 0.3 is 0 Å². The lowest BCUT2D eigenvalue weighted by Crippen LogP contribution is -2.14. The van der Waals surface area contributed by atoms with Crippen LogP contribution >= 0.6 is 0 Å². The van der Waals surface area contributed by atoms with E-state index in [1.54, 1.807) is 7.11 Å². The van der Waals surface area contributed by atoms with Gasteiger partial charge in [0.25, 0.3) is 0 Å². The number of methoxy groups -OCH3 is 1. The molecule has 0 amide bonds. The van der Waals surface area contributed by atoms with Gasteiger partial charge in [-0.25, -0.2) is 4.98 Å². The average Bonchev–Trinajstić information content (AvgIpc) is 2.90. The van der Waals surface area contributed by atoms with Crippen molar-refractivity contribution in [2.24, 2.45) is 5.73 Å². The van der Waals surface area contributed by atoms with Crippen molar-refractivity contribution in [3.05, 3.63) is 47.0 Å². The van der Waals surface area contributed by atoms with Crippen LogP contribution in [-0.2, 0) is 19.4 Å². The van der Waals surface area contributed by atoms with Crippen LogP contribution in [0, 0.1) is 5.41 Å². The SMILES string of the molecule is COc1ccc(Cn2cnc3c2CCCC3)cc1C(=N)N. The van der Waals surface area contributed by atoms with Crippen LogP contribution in [0.25, 0.3) is 0 Å². The van der Waals surface area contributed by atoms with Crippen LogP contribution in [0.15, 0.2) is 24.5 Å². The Morgan fingerprint density at radius 2 is 2.19 bits per heavy atom. The molecule has 1 aliphatic rings. The van der Waals surface area contributed by atoms with Gasteiger partial charge in [-0.1, -0.05) is 6.07 Å². The minimum Gasteiger partial charge on any atom is -0.496 e. The molecule has 3 rings (SSSR count). The van der Waals surface area contributed by atoms with E-state index in [4.69, 9.17) is 15.9 Å². The molecule has 0 unspecified atom stereocenters. The van der Waals surface area contributed by atoms with Gasteiger partial charge in [-0.05, 0) is 43.4 Å². The predicted molar refractivity (Wildman–Crippen MR) is 82.0 cm³/mol. The van der Waals surface area contributed by atoms with Crippen molar-refractivity contribution in [1.82, 2.24) is 9.55 Å². The summed E-state index contributed by atoms with van der Waals surface area (Å²) in [4.78, 5) is 4.52. The van der Waals surface area contributed by atoms with Gasteiger partial charge in [0.1, 0.15) is 11.6 Å². The fourth-order valence-electron chi connectivity index (χ4n) is 2.93. The van der Waals surface area contributed by atoms with Crippen molar-refractivity contribution in [2.45, 2.75) is 32.2 Å². The van der Waals surface area contributed by atoms with Crippen LogP contribution in [0.4, 0.5) is 0 Å². The highest BCUT2D eigenvalue weighted by molar-refractivity contribution is 5.97. The summed E-state index contributed by atoms with van der Waals surface area (Å²) in [5.74, 6) is 0.667. The average molecular weight is 284 g/mol. The Kier molecular flexibility index (Phi) is 3.64. The summed E-state index contributed by atoms with van der Waals surface area (Å²) in [5.41, 5.74) is 9.96. The standard InChI is InChI=1S/C16H20N4O/c1-21-15-7-6-11(8-12(15)16(17)18)9-20-10-19-13-4-2-3-5-14(13)20/h6-8,10H,2-5,9H2,1H3,(H3,17,18). The van der Waals surface area contributed by atoms with Gasteiger partial charge < -0.3 is 15.0 Å². The molecule has 0 radical (unpaired) electrons. The molecule has 110 valence electrons. The molecule has 0 spiro atoms. The summed E-state index contributed by atoms with van der Waals surface area (Å²) in [7, 11) is 1.59. The number of aryl methyl sites for hydroxylation is 1. The highest BCUT2D eigenvalue weighted by Crippen LogP contribution is 2.23. The smallest absolute Gasteiger partial charge is 0.129 e. The zero-order valence-electron chi connectivity index (χ0n) is 12.2. The van der Waals surface area contributed by atoms with Crippen LogP contribution in [0.3, 0.4) is 0 Å². The van der Waals surface area contributed by atoms with Gasteiger partial charge in [0, 0.05) is 12.2 Å². The maximum atomic E-state index is 7.66. The van der Waals surface area contributed by atoms with Crippen molar-refractivity contribution in [1.29, 1.82) is 5.41 Å². The number of nitrogens with two attached hydrogens (primary N) is 1. The summed E-state index contributed by atoms with van der Waals surface area (Å²) in [6.07, 6.45) is 6.59. The minimum atomic E-state index is 0.0290. The van der Waals surface area contributed by atoms with E-state index in [0.717, 1.165) is 24.9 Å². The fourth-order valence-corrected chi connectivity index (χ4v) is 2.93. The molecule has 1 aliphatic carbocycles. The van der Waals surface area contributed by atoms with E-state index in [1.807, 2.05) is 24.5 Å². The zero-order chi connectivity index (χ0) is 14.8. The lowest BCUT2D eigenvalue weighted by Gasteiger charge is -2.15. The van der Waals surface area contributed by atoms with Gasteiger partial charge in [0.15, 0.2) is 0 Å². The molecule has 0 saturated carbocycles. The number of nitrogens with zero attached hydrogens (tertiary/aromatic N) is 2. The molecule has 0 saturated heterocycles. The third-order valence-corrected chi connectivity index (χ3v) is 4.02. The van der Waals surface area contributed by atoms with Gasteiger partial charge in [0.05, 0.1) is 24.7 Å². The molecule has 5 nitrogen and oxygen atoms in total. The number of hydrogen-bond donors (Lipinski definition) is 2. The second-order valence-corrected chi connectivity index (χ2v) is 5.42. The first kappa shape index (κ1) is 13.7. The number of amidine groups is 1. The van der Waals surface area contributed by atoms with E-state index in [2.05, 4.69) is 9.55 Å².